The van der Waals surface area contributed by atoms with Crippen molar-refractivity contribution in [2.45, 2.75) is 26.2 Å². The summed E-state index contributed by atoms with van der Waals surface area (Å²) in [7, 11) is 0. The van der Waals surface area contributed by atoms with Gasteiger partial charge in [0.25, 0.3) is 0 Å². The first-order chi connectivity index (χ1) is 11.2. The molecular weight excluding hydrogens is 302 g/mol. The predicted molar refractivity (Wildman–Crippen MR) is 105 cm³/mol. The zero-order valence-corrected chi connectivity index (χ0v) is 14.8. The van der Waals surface area contributed by atoms with Gasteiger partial charge in [-0.1, -0.05) is 52.0 Å². The summed E-state index contributed by atoms with van der Waals surface area (Å²) in [6, 6.07) is 0. The molecule has 0 aromatic carbocycles. The van der Waals surface area contributed by atoms with Crippen LogP contribution in [0.5, 0.6) is 0 Å². The predicted octanol–water partition coefficient (Wildman–Crippen LogP) is 2.71. The second kappa shape index (κ2) is 10.6. The Kier molecular flexibility index (Phi) is 8.76. The molecule has 0 aliphatic heterocycles. The average Bonchev–Trinajstić information content (AvgIpc) is 2.92. The molecule has 0 amide bonds. The van der Waals surface area contributed by atoms with Crippen LogP contribution in [0, 0.1) is 0 Å². The zero-order chi connectivity index (χ0) is 17.1. The number of allylic oxidation sites excluding steroid dienone is 4. The van der Waals surface area contributed by atoms with E-state index in [-0.39, 0.29) is 0 Å². The average molecular weight is 330 g/mol. The second-order valence-electron chi connectivity index (χ2n) is 5.14. The summed E-state index contributed by atoms with van der Waals surface area (Å²) < 4.78 is 2.76. The van der Waals surface area contributed by atoms with E-state index in [1.165, 1.54) is 10.8 Å². The molecule has 1 heterocycles. The Morgan fingerprint density at radius 1 is 1.26 bits per heavy atom. The van der Waals surface area contributed by atoms with Gasteiger partial charge >= 0.3 is 0 Å². The minimum absolute atomic E-state index is 0.827. The Morgan fingerprint density at radius 2 is 1.96 bits per heavy atom. The molecule has 0 radical (unpaired) electrons. The van der Waals surface area contributed by atoms with Crippen LogP contribution in [0.4, 0.5) is 0 Å². The Morgan fingerprint density at radius 3 is 2.57 bits per heavy atom. The van der Waals surface area contributed by atoms with Crippen LogP contribution in [0.2, 0.25) is 0 Å². The highest BCUT2D eigenvalue weighted by molar-refractivity contribution is 7.78. The lowest BCUT2D eigenvalue weighted by Crippen LogP contribution is -2.25. The molecule has 0 aliphatic rings. The number of nitrogens with one attached hydrogen (secondary N) is 3. The van der Waals surface area contributed by atoms with Crippen molar-refractivity contribution in [3.63, 3.8) is 0 Å². The van der Waals surface area contributed by atoms with Gasteiger partial charge in [0.2, 0.25) is 0 Å². The van der Waals surface area contributed by atoms with Crippen LogP contribution in [0.3, 0.4) is 0 Å². The van der Waals surface area contributed by atoms with Crippen LogP contribution in [-0.4, -0.2) is 11.5 Å². The normalized spacial score (nSPS) is 13.0. The summed E-state index contributed by atoms with van der Waals surface area (Å²) >= 11 is 4.01. The number of hydrogen-bond donors (Lipinski definition) is 4. The third kappa shape index (κ3) is 6.28. The molecular formula is C19H27N3S. The van der Waals surface area contributed by atoms with E-state index >= 15 is 0 Å². The van der Waals surface area contributed by atoms with Gasteiger partial charge in [0, 0.05) is 29.5 Å². The van der Waals surface area contributed by atoms with E-state index in [0.29, 0.717) is 0 Å². The lowest BCUT2D eigenvalue weighted by Gasteiger charge is -2.06. The third-order valence-electron chi connectivity index (χ3n) is 3.46. The molecule has 0 saturated carbocycles. The zero-order valence-electron chi connectivity index (χ0n) is 13.9. The molecule has 4 heteroatoms. The molecule has 0 bridgehead atoms. The Hall–Kier alpha value is -2.07. The van der Waals surface area contributed by atoms with Gasteiger partial charge in [0.1, 0.15) is 0 Å². The van der Waals surface area contributed by atoms with Crippen molar-refractivity contribution in [1.29, 1.82) is 0 Å². The molecule has 0 aliphatic carbocycles. The summed E-state index contributed by atoms with van der Waals surface area (Å²) in [4.78, 5) is 3.21. The molecule has 0 fully saturated rings. The number of aromatic nitrogens is 1. The van der Waals surface area contributed by atoms with Crippen molar-refractivity contribution in [2.75, 3.05) is 6.54 Å². The quantitative estimate of drug-likeness (QED) is 0.394. The minimum atomic E-state index is 0.827. The maximum atomic E-state index is 4.05. The van der Waals surface area contributed by atoms with E-state index in [4.69, 9.17) is 0 Å². The van der Waals surface area contributed by atoms with E-state index < -0.39 is 0 Å². The first-order valence-electron chi connectivity index (χ1n) is 7.82. The van der Waals surface area contributed by atoms with Crippen molar-refractivity contribution >= 4 is 25.5 Å². The monoisotopic (exact) mass is 329 g/mol. The highest BCUT2D eigenvalue weighted by Crippen LogP contribution is 1.98. The summed E-state index contributed by atoms with van der Waals surface area (Å²) in [5, 5.41) is 5.61. The molecule has 3 nitrogen and oxygen atoms in total. The smallest absolute Gasteiger partial charge is 0.0432 e. The van der Waals surface area contributed by atoms with Crippen molar-refractivity contribution in [1.82, 2.24) is 15.0 Å². The maximum absolute atomic E-state index is 4.05. The van der Waals surface area contributed by atoms with Gasteiger partial charge in [-0.05, 0) is 47.9 Å². The van der Waals surface area contributed by atoms with Crippen molar-refractivity contribution in [2.24, 2.45) is 0 Å². The van der Waals surface area contributed by atoms with Crippen LogP contribution in [-0.2, 0) is 6.42 Å². The van der Waals surface area contributed by atoms with Crippen LogP contribution >= 0.6 is 12.8 Å². The largest absolute Gasteiger partial charge is 0.385 e. The van der Waals surface area contributed by atoms with Gasteiger partial charge < -0.3 is 15.0 Å². The SMILES string of the molecule is C=C/C(=C\C=C(/C=C)NCCc1c[nH]c(=C)/c1=C\CCC)NS. The van der Waals surface area contributed by atoms with E-state index in [1.54, 1.807) is 12.2 Å². The molecule has 23 heavy (non-hydrogen) atoms. The van der Waals surface area contributed by atoms with Crippen LogP contribution < -0.4 is 20.6 Å². The van der Waals surface area contributed by atoms with Gasteiger partial charge in [-0.15, -0.1) is 0 Å². The summed E-state index contributed by atoms with van der Waals surface area (Å²) in [5.74, 6) is 0. The third-order valence-corrected chi connectivity index (χ3v) is 3.72. The van der Waals surface area contributed by atoms with Crippen LogP contribution in [0.1, 0.15) is 25.3 Å². The van der Waals surface area contributed by atoms with Gasteiger partial charge in [-0.25, -0.2) is 0 Å². The fourth-order valence-corrected chi connectivity index (χ4v) is 2.31. The van der Waals surface area contributed by atoms with Crippen molar-refractivity contribution in [3.05, 3.63) is 71.2 Å². The molecule has 3 N–H and O–H groups in total. The van der Waals surface area contributed by atoms with E-state index in [2.05, 4.69) is 60.6 Å². The van der Waals surface area contributed by atoms with E-state index in [1.807, 2.05) is 18.3 Å². The minimum Gasteiger partial charge on any atom is -0.385 e. The van der Waals surface area contributed by atoms with Crippen molar-refractivity contribution in [3.8, 4) is 0 Å². The Balaban J connectivity index is 2.71. The van der Waals surface area contributed by atoms with Crippen LogP contribution in [0.25, 0.3) is 12.7 Å². The van der Waals surface area contributed by atoms with Gasteiger partial charge in [0.05, 0.1) is 0 Å². The highest BCUT2D eigenvalue weighted by atomic mass is 32.1. The lowest BCUT2D eigenvalue weighted by atomic mass is 10.1. The molecule has 0 unspecified atom stereocenters. The summed E-state index contributed by atoms with van der Waals surface area (Å²) in [6.07, 6.45) is 14.8. The topological polar surface area (TPSA) is 39.9 Å². The molecule has 0 saturated heterocycles. The number of hydrogen-bond acceptors (Lipinski definition) is 3. The van der Waals surface area contributed by atoms with Gasteiger partial charge in [-0.3, -0.25) is 0 Å². The number of aromatic amines is 1. The first-order valence-corrected chi connectivity index (χ1v) is 8.27. The second-order valence-corrected chi connectivity index (χ2v) is 5.36. The van der Waals surface area contributed by atoms with Crippen molar-refractivity contribution < 1.29 is 0 Å². The summed E-state index contributed by atoms with van der Waals surface area (Å²) in [5.41, 5.74) is 3.08. The Bertz CT molecular complexity index is 680. The molecule has 0 spiro atoms. The molecule has 1 rings (SSSR count). The molecule has 124 valence electrons. The van der Waals surface area contributed by atoms with E-state index in [0.717, 1.165) is 42.6 Å². The fraction of sp³-hybridized carbons (Fsp3) is 0.263. The highest BCUT2D eigenvalue weighted by Gasteiger charge is 1.99. The summed E-state index contributed by atoms with van der Waals surface area (Å²) in [6.45, 7) is 14.6. The maximum Gasteiger partial charge on any atom is 0.0432 e. The van der Waals surface area contributed by atoms with E-state index in [9.17, 15) is 0 Å². The standard InChI is InChI=1S/C19H27N3S/c1-5-8-9-19-15(4)21-14-16(19)12-13-20-17(6-2)10-11-18(7-3)22-23/h6-7,9-11,14,20-23H,2-5,8,12-13H2,1H3/b17-10+,18-11+,19-9+. The molecule has 1 aromatic rings. The number of H-pyrrole nitrogens is 1. The van der Waals surface area contributed by atoms with Gasteiger partial charge in [-0.2, -0.15) is 0 Å². The first kappa shape index (κ1) is 19.0. The van der Waals surface area contributed by atoms with Crippen LogP contribution in [0.15, 0.2) is 55.1 Å². The van der Waals surface area contributed by atoms with Gasteiger partial charge in [0.15, 0.2) is 0 Å². The molecule has 1 aromatic heterocycles. The number of rotatable bonds is 10. The molecule has 0 atom stereocenters. The lowest BCUT2D eigenvalue weighted by molar-refractivity contribution is 0.803. The Labute approximate surface area is 144 Å². The fourth-order valence-electron chi connectivity index (χ4n) is 2.14. The number of unbranched alkanes of at least 4 members (excludes halogenated alkanes) is 1. The number of thiol groups is 1.